The lowest BCUT2D eigenvalue weighted by atomic mass is 10.0. The number of piperazine rings is 1. The van der Waals surface area contributed by atoms with Crippen molar-refractivity contribution in [2.45, 2.75) is 52.9 Å². The van der Waals surface area contributed by atoms with Crippen LogP contribution in [0.1, 0.15) is 64.5 Å². The molecular weight excluding hydrogens is 492 g/mol. The molecule has 0 aliphatic carbocycles. The first-order chi connectivity index (χ1) is 19.5. The lowest BCUT2D eigenvalue weighted by Gasteiger charge is -2.36. The molecule has 5 heteroatoms. The van der Waals surface area contributed by atoms with Crippen molar-refractivity contribution in [3.8, 4) is 11.4 Å². The molecule has 0 unspecified atom stereocenters. The van der Waals surface area contributed by atoms with Gasteiger partial charge in [-0.3, -0.25) is 4.79 Å². The van der Waals surface area contributed by atoms with Crippen molar-refractivity contribution < 1.29 is 4.79 Å². The van der Waals surface area contributed by atoms with Crippen molar-refractivity contribution >= 4 is 11.7 Å². The molecule has 0 radical (unpaired) electrons. The molecule has 4 aromatic rings. The van der Waals surface area contributed by atoms with Crippen molar-refractivity contribution in [2.24, 2.45) is 0 Å². The third kappa shape index (κ3) is 6.59. The maximum absolute atomic E-state index is 13.3. The zero-order chi connectivity index (χ0) is 27.9. The molecule has 1 aromatic heterocycles. The summed E-state index contributed by atoms with van der Waals surface area (Å²) in [5, 5.41) is 0. The van der Waals surface area contributed by atoms with Crippen LogP contribution in [-0.4, -0.2) is 47.0 Å². The molecule has 0 atom stereocenters. The van der Waals surface area contributed by atoms with E-state index in [0.29, 0.717) is 13.1 Å². The van der Waals surface area contributed by atoms with Crippen molar-refractivity contribution in [1.82, 2.24) is 14.9 Å². The van der Waals surface area contributed by atoms with Gasteiger partial charge in [-0.25, -0.2) is 9.97 Å². The van der Waals surface area contributed by atoms with Crippen molar-refractivity contribution in [3.63, 3.8) is 0 Å². The molecule has 1 fully saturated rings. The first-order valence-corrected chi connectivity index (χ1v) is 14.6. The molecule has 0 bridgehead atoms. The lowest BCUT2D eigenvalue weighted by molar-refractivity contribution is 0.0746. The van der Waals surface area contributed by atoms with E-state index in [-0.39, 0.29) is 5.91 Å². The number of aromatic nitrogens is 2. The molecule has 1 aliphatic rings. The molecular formula is C35H40N4O. The highest BCUT2D eigenvalue weighted by atomic mass is 16.2. The highest BCUT2D eigenvalue weighted by Crippen LogP contribution is 2.29. The SMILES string of the molecule is CCCCCc1ccc(C(=O)N2CCN(c3nc(-c4cccc(C)c4)nc(C)c3Cc3ccccc3)CC2)cc1. The quantitative estimate of drug-likeness (QED) is 0.217. The van der Waals surface area contributed by atoms with E-state index in [0.717, 1.165) is 60.0 Å². The molecule has 0 spiro atoms. The number of amides is 1. The van der Waals surface area contributed by atoms with Crippen molar-refractivity contribution in [3.05, 3.63) is 112 Å². The topological polar surface area (TPSA) is 49.3 Å². The number of rotatable bonds is 9. The Labute approximate surface area is 238 Å². The second-order valence-electron chi connectivity index (χ2n) is 10.9. The fourth-order valence-corrected chi connectivity index (χ4v) is 5.46. The van der Waals surface area contributed by atoms with Crippen LogP contribution < -0.4 is 4.90 Å². The van der Waals surface area contributed by atoms with Gasteiger partial charge in [-0.1, -0.05) is 86.0 Å². The van der Waals surface area contributed by atoms with Gasteiger partial charge >= 0.3 is 0 Å². The molecule has 206 valence electrons. The highest BCUT2D eigenvalue weighted by molar-refractivity contribution is 5.94. The van der Waals surface area contributed by atoms with Gasteiger partial charge in [0, 0.05) is 55.0 Å². The Morgan fingerprint density at radius 2 is 1.55 bits per heavy atom. The maximum atomic E-state index is 13.3. The summed E-state index contributed by atoms with van der Waals surface area (Å²) in [6, 6.07) is 27.1. The molecule has 3 aromatic carbocycles. The number of nitrogens with zero attached hydrogens (tertiary/aromatic N) is 4. The summed E-state index contributed by atoms with van der Waals surface area (Å²) in [5.41, 5.74) is 7.70. The average Bonchev–Trinajstić information content (AvgIpc) is 2.99. The third-order valence-corrected chi connectivity index (χ3v) is 7.83. The number of aryl methyl sites for hydroxylation is 3. The van der Waals surface area contributed by atoms with Gasteiger partial charge < -0.3 is 9.80 Å². The Bertz CT molecular complexity index is 1420. The van der Waals surface area contributed by atoms with Gasteiger partial charge in [-0.15, -0.1) is 0 Å². The van der Waals surface area contributed by atoms with E-state index < -0.39 is 0 Å². The fourth-order valence-electron chi connectivity index (χ4n) is 5.46. The summed E-state index contributed by atoms with van der Waals surface area (Å²) >= 11 is 0. The smallest absolute Gasteiger partial charge is 0.253 e. The first kappa shape index (κ1) is 27.6. The van der Waals surface area contributed by atoms with Crippen LogP contribution in [0.3, 0.4) is 0 Å². The van der Waals surface area contributed by atoms with Gasteiger partial charge in [-0.2, -0.15) is 0 Å². The summed E-state index contributed by atoms with van der Waals surface area (Å²) < 4.78 is 0. The van der Waals surface area contributed by atoms with Crippen LogP contribution in [0.2, 0.25) is 0 Å². The summed E-state index contributed by atoms with van der Waals surface area (Å²) in [7, 11) is 0. The summed E-state index contributed by atoms with van der Waals surface area (Å²) in [4.78, 5) is 27.7. The van der Waals surface area contributed by atoms with E-state index in [4.69, 9.17) is 9.97 Å². The van der Waals surface area contributed by atoms with Gasteiger partial charge in [0.25, 0.3) is 5.91 Å². The minimum Gasteiger partial charge on any atom is -0.353 e. The Morgan fingerprint density at radius 1 is 0.800 bits per heavy atom. The van der Waals surface area contributed by atoms with Crippen LogP contribution in [0, 0.1) is 13.8 Å². The van der Waals surface area contributed by atoms with Crippen LogP contribution in [0.5, 0.6) is 0 Å². The Hall–Kier alpha value is -3.99. The molecule has 1 amide bonds. The molecule has 0 N–H and O–H groups in total. The van der Waals surface area contributed by atoms with Crippen molar-refractivity contribution in [1.29, 1.82) is 0 Å². The van der Waals surface area contributed by atoms with Gasteiger partial charge in [0.1, 0.15) is 5.82 Å². The monoisotopic (exact) mass is 532 g/mol. The largest absolute Gasteiger partial charge is 0.353 e. The predicted octanol–water partition coefficient (Wildman–Crippen LogP) is 7.05. The molecule has 2 heterocycles. The van der Waals surface area contributed by atoms with Gasteiger partial charge in [0.2, 0.25) is 0 Å². The molecule has 1 aliphatic heterocycles. The van der Waals surface area contributed by atoms with E-state index in [9.17, 15) is 4.79 Å². The third-order valence-electron chi connectivity index (χ3n) is 7.83. The Balaban J connectivity index is 1.35. The van der Waals surface area contributed by atoms with Crippen LogP contribution in [0.4, 0.5) is 5.82 Å². The van der Waals surface area contributed by atoms with E-state index in [1.165, 1.54) is 36.0 Å². The van der Waals surface area contributed by atoms with Crippen LogP contribution in [0.15, 0.2) is 78.9 Å². The van der Waals surface area contributed by atoms with Gasteiger partial charge in [0.15, 0.2) is 5.82 Å². The number of hydrogen-bond acceptors (Lipinski definition) is 4. The number of carbonyl (C=O) groups excluding carboxylic acids is 1. The fraction of sp³-hybridized carbons (Fsp3) is 0.343. The average molecular weight is 533 g/mol. The summed E-state index contributed by atoms with van der Waals surface area (Å²) in [5.74, 6) is 1.85. The van der Waals surface area contributed by atoms with Crippen LogP contribution >= 0.6 is 0 Å². The Morgan fingerprint density at radius 3 is 2.25 bits per heavy atom. The number of benzene rings is 3. The zero-order valence-corrected chi connectivity index (χ0v) is 24.1. The van der Waals surface area contributed by atoms with E-state index in [1.54, 1.807) is 0 Å². The Kier molecular flexibility index (Phi) is 8.90. The molecule has 5 nitrogen and oxygen atoms in total. The van der Waals surface area contributed by atoms with E-state index in [2.05, 4.69) is 86.3 Å². The molecule has 40 heavy (non-hydrogen) atoms. The minimum atomic E-state index is 0.114. The minimum absolute atomic E-state index is 0.114. The maximum Gasteiger partial charge on any atom is 0.253 e. The second kappa shape index (κ2) is 12.9. The molecule has 1 saturated heterocycles. The number of carbonyl (C=O) groups is 1. The van der Waals surface area contributed by atoms with Gasteiger partial charge in [0.05, 0.1) is 0 Å². The molecule has 0 saturated carbocycles. The van der Waals surface area contributed by atoms with E-state index in [1.807, 2.05) is 23.1 Å². The lowest BCUT2D eigenvalue weighted by Crippen LogP contribution is -2.49. The van der Waals surface area contributed by atoms with Crippen molar-refractivity contribution in [2.75, 3.05) is 31.1 Å². The standard InChI is InChI=1S/C35H40N4O/c1-4-5-7-12-28-16-18-30(19-17-28)35(40)39-22-20-38(21-23-39)34-32(25-29-13-8-6-9-14-29)27(3)36-33(37-34)31-15-10-11-26(2)24-31/h6,8-11,13-19,24H,4-5,7,12,20-23,25H2,1-3H3. The normalized spacial score (nSPS) is 13.5. The number of unbranched alkanes of at least 4 members (excludes halogenated alkanes) is 2. The van der Waals surface area contributed by atoms with E-state index >= 15 is 0 Å². The van der Waals surface area contributed by atoms with Crippen LogP contribution in [0.25, 0.3) is 11.4 Å². The summed E-state index contributed by atoms with van der Waals surface area (Å²) in [6.07, 6.45) is 5.52. The number of anilines is 1. The van der Waals surface area contributed by atoms with Gasteiger partial charge in [-0.05, 0) is 56.0 Å². The number of hydrogen-bond donors (Lipinski definition) is 0. The second-order valence-corrected chi connectivity index (χ2v) is 10.9. The summed E-state index contributed by atoms with van der Waals surface area (Å²) in [6.45, 7) is 9.24. The first-order valence-electron chi connectivity index (χ1n) is 14.6. The zero-order valence-electron chi connectivity index (χ0n) is 24.1. The van der Waals surface area contributed by atoms with Crippen LogP contribution in [-0.2, 0) is 12.8 Å². The molecule has 5 rings (SSSR count). The predicted molar refractivity (Wildman–Crippen MR) is 164 cm³/mol. The highest BCUT2D eigenvalue weighted by Gasteiger charge is 2.26.